The molecule has 1 aromatic carbocycles. The average molecular weight is 300 g/mol. The molecule has 0 aliphatic rings. The molecule has 0 spiro atoms. The van der Waals surface area contributed by atoms with E-state index in [0.29, 0.717) is 5.15 Å². The van der Waals surface area contributed by atoms with E-state index >= 15 is 0 Å². The van der Waals surface area contributed by atoms with Crippen LogP contribution in [0.15, 0.2) is 12.1 Å². The number of fused-ring (bicyclic) bond motifs is 1. The molecule has 0 aliphatic heterocycles. The minimum absolute atomic E-state index is 0.585. The van der Waals surface area contributed by atoms with Crippen LogP contribution in [-0.2, 0) is 6.54 Å². The third kappa shape index (κ3) is 2.49. The van der Waals surface area contributed by atoms with Gasteiger partial charge in [0.25, 0.3) is 0 Å². The van der Waals surface area contributed by atoms with Crippen LogP contribution in [0.5, 0.6) is 0 Å². The summed E-state index contributed by atoms with van der Waals surface area (Å²) in [5.41, 5.74) is 2.86. The van der Waals surface area contributed by atoms with Crippen LogP contribution in [-0.4, -0.2) is 9.67 Å². The van der Waals surface area contributed by atoms with Crippen molar-refractivity contribution in [3.05, 3.63) is 33.4 Å². The van der Waals surface area contributed by atoms with Gasteiger partial charge >= 0.3 is 0 Å². The van der Waals surface area contributed by atoms with Gasteiger partial charge in [0.2, 0.25) is 0 Å². The van der Waals surface area contributed by atoms with Crippen LogP contribution in [0.25, 0.3) is 10.9 Å². The Balaban J connectivity index is 2.77. The molecular formula is C15H19Cl2NO. The summed E-state index contributed by atoms with van der Waals surface area (Å²) in [4.78, 5) is 0. The van der Waals surface area contributed by atoms with Gasteiger partial charge in [0.1, 0.15) is 5.15 Å². The van der Waals surface area contributed by atoms with E-state index in [4.69, 9.17) is 23.2 Å². The molecule has 1 aromatic heterocycles. The van der Waals surface area contributed by atoms with Crippen molar-refractivity contribution in [3.63, 3.8) is 0 Å². The molecule has 0 saturated heterocycles. The Morgan fingerprint density at radius 1 is 1.32 bits per heavy atom. The van der Waals surface area contributed by atoms with E-state index in [1.165, 1.54) is 0 Å². The van der Waals surface area contributed by atoms with Gasteiger partial charge in [-0.25, -0.2) is 0 Å². The molecule has 19 heavy (non-hydrogen) atoms. The zero-order valence-corrected chi connectivity index (χ0v) is 13.0. The maximum atomic E-state index is 9.97. The summed E-state index contributed by atoms with van der Waals surface area (Å²) in [6.45, 7) is 6.73. The summed E-state index contributed by atoms with van der Waals surface area (Å²) in [6, 6.07) is 3.81. The Labute approximate surface area is 123 Å². The molecular weight excluding hydrogens is 281 g/mol. The topological polar surface area (TPSA) is 25.2 Å². The van der Waals surface area contributed by atoms with Crippen molar-refractivity contribution in [1.29, 1.82) is 0 Å². The Kier molecular flexibility index (Phi) is 4.44. The number of halogens is 2. The van der Waals surface area contributed by atoms with E-state index in [1.807, 2.05) is 19.1 Å². The van der Waals surface area contributed by atoms with Gasteiger partial charge in [-0.15, -0.1) is 0 Å². The van der Waals surface area contributed by atoms with Crippen LogP contribution >= 0.6 is 23.2 Å². The number of aromatic nitrogens is 1. The Morgan fingerprint density at radius 2 is 2.00 bits per heavy atom. The lowest BCUT2D eigenvalue weighted by molar-refractivity contribution is 0.200. The Morgan fingerprint density at radius 3 is 2.58 bits per heavy atom. The first-order chi connectivity index (χ1) is 8.99. The second-order valence-electron chi connectivity index (χ2n) is 4.95. The fourth-order valence-corrected chi connectivity index (χ4v) is 3.10. The second-order valence-corrected chi connectivity index (χ2v) is 5.72. The largest absolute Gasteiger partial charge is 0.389 e. The smallest absolute Gasteiger partial charge is 0.115 e. The first-order valence-corrected chi connectivity index (χ1v) is 7.39. The van der Waals surface area contributed by atoms with Crippen LogP contribution in [0.2, 0.25) is 10.2 Å². The summed E-state index contributed by atoms with van der Waals surface area (Å²) in [5, 5.41) is 12.3. The summed E-state index contributed by atoms with van der Waals surface area (Å²) >= 11 is 12.7. The van der Waals surface area contributed by atoms with Crippen molar-refractivity contribution in [2.24, 2.45) is 0 Å². The number of hydrogen-bond donors (Lipinski definition) is 1. The summed E-state index contributed by atoms with van der Waals surface area (Å²) in [6.07, 6.45) is 1.56. The molecule has 2 nitrogen and oxygen atoms in total. The van der Waals surface area contributed by atoms with Crippen LogP contribution in [0, 0.1) is 6.92 Å². The summed E-state index contributed by atoms with van der Waals surface area (Å²) < 4.78 is 2.07. The van der Waals surface area contributed by atoms with Crippen molar-refractivity contribution in [2.75, 3.05) is 0 Å². The van der Waals surface area contributed by atoms with Gasteiger partial charge in [0, 0.05) is 22.5 Å². The first kappa shape index (κ1) is 14.7. The van der Waals surface area contributed by atoms with Gasteiger partial charge in [-0.1, -0.05) is 42.6 Å². The van der Waals surface area contributed by atoms with Crippen molar-refractivity contribution < 1.29 is 5.11 Å². The van der Waals surface area contributed by atoms with Gasteiger partial charge in [-0.3, -0.25) is 0 Å². The SMILES string of the molecule is CCCCn1c(Cl)c(C(C)O)c2ccc(Cl)c(C)c21. The van der Waals surface area contributed by atoms with Crippen molar-refractivity contribution in [3.8, 4) is 0 Å². The molecule has 0 saturated carbocycles. The van der Waals surface area contributed by atoms with Crippen LogP contribution in [0.1, 0.15) is 43.9 Å². The van der Waals surface area contributed by atoms with Gasteiger partial charge < -0.3 is 9.67 Å². The van der Waals surface area contributed by atoms with Crippen LogP contribution in [0.4, 0.5) is 0 Å². The molecule has 4 heteroatoms. The first-order valence-electron chi connectivity index (χ1n) is 6.63. The van der Waals surface area contributed by atoms with Gasteiger partial charge in [-0.2, -0.15) is 0 Å². The number of aliphatic hydroxyl groups excluding tert-OH is 1. The number of benzene rings is 1. The molecule has 0 bridgehead atoms. The monoisotopic (exact) mass is 299 g/mol. The number of aliphatic hydroxyl groups is 1. The average Bonchev–Trinajstić information content (AvgIpc) is 2.64. The lowest BCUT2D eigenvalue weighted by atomic mass is 10.1. The van der Waals surface area contributed by atoms with E-state index in [-0.39, 0.29) is 0 Å². The zero-order valence-electron chi connectivity index (χ0n) is 11.5. The molecule has 1 atom stereocenters. The van der Waals surface area contributed by atoms with E-state index in [1.54, 1.807) is 6.92 Å². The van der Waals surface area contributed by atoms with E-state index in [2.05, 4.69) is 11.5 Å². The van der Waals surface area contributed by atoms with E-state index < -0.39 is 6.10 Å². The Bertz CT molecular complexity index is 602. The number of hydrogen-bond acceptors (Lipinski definition) is 1. The lowest BCUT2D eigenvalue weighted by Crippen LogP contribution is -1.99. The fourth-order valence-electron chi connectivity index (χ4n) is 2.52. The summed E-state index contributed by atoms with van der Waals surface area (Å²) in [7, 11) is 0. The number of unbranched alkanes of at least 4 members (excludes halogenated alkanes) is 1. The molecule has 2 rings (SSSR count). The summed E-state index contributed by atoms with van der Waals surface area (Å²) in [5.74, 6) is 0. The lowest BCUT2D eigenvalue weighted by Gasteiger charge is -2.09. The third-order valence-corrected chi connectivity index (χ3v) is 4.35. The molecule has 0 radical (unpaired) electrons. The fraction of sp³-hybridized carbons (Fsp3) is 0.467. The minimum Gasteiger partial charge on any atom is -0.389 e. The maximum Gasteiger partial charge on any atom is 0.115 e. The second kappa shape index (κ2) is 5.74. The highest BCUT2D eigenvalue weighted by Crippen LogP contribution is 2.38. The van der Waals surface area contributed by atoms with Gasteiger partial charge in [0.15, 0.2) is 0 Å². The maximum absolute atomic E-state index is 9.97. The number of nitrogens with zero attached hydrogens (tertiary/aromatic N) is 1. The van der Waals surface area contributed by atoms with Crippen LogP contribution < -0.4 is 0 Å². The number of rotatable bonds is 4. The standard InChI is InChI=1S/C15H19Cl2NO/c1-4-5-8-18-14-9(2)12(16)7-6-11(14)13(10(3)19)15(18)17/h6-7,10,19H,4-5,8H2,1-3H3. The Hall–Kier alpha value is -0.700. The molecule has 0 amide bonds. The molecule has 1 heterocycles. The van der Waals surface area contributed by atoms with Crippen LogP contribution in [0.3, 0.4) is 0 Å². The van der Waals surface area contributed by atoms with Crippen molar-refractivity contribution in [2.45, 2.75) is 46.3 Å². The quantitative estimate of drug-likeness (QED) is 0.834. The predicted octanol–water partition coefficient (Wildman–Crippen LogP) is 5.11. The highest BCUT2D eigenvalue weighted by Gasteiger charge is 2.20. The predicted molar refractivity (Wildman–Crippen MR) is 82.2 cm³/mol. The molecule has 1 unspecified atom stereocenters. The molecule has 0 fully saturated rings. The van der Waals surface area contributed by atoms with E-state index in [0.717, 1.165) is 46.4 Å². The zero-order chi connectivity index (χ0) is 14.2. The highest BCUT2D eigenvalue weighted by molar-refractivity contribution is 6.34. The number of aryl methyl sites for hydroxylation is 2. The van der Waals surface area contributed by atoms with Gasteiger partial charge in [0.05, 0.1) is 11.6 Å². The van der Waals surface area contributed by atoms with Crippen molar-refractivity contribution >= 4 is 34.1 Å². The minimum atomic E-state index is -0.585. The molecule has 0 aliphatic carbocycles. The van der Waals surface area contributed by atoms with Gasteiger partial charge in [-0.05, 0) is 31.9 Å². The molecule has 1 N–H and O–H groups in total. The molecule has 104 valence electrons. The van der Waals surface area contributed by atoms with Crippen molar-refractivity contribution in [1.82, 2.24) is 4.57 Å². The van der Waals surface area contributed by atoms with E-state index in [9.17, 15) is 5.11 Å². The third-order valence-electron chi connectivity index (χ3n) is 3.54. The highest BCUT2D eigenvalue weighted by atomic mass is 35.5. The molecule has 2 aromatic rings. The normalized spacial score (nSPS) is 13.2.